The molecule has 0 aromatic heterocycles. The molecule has 1 aromatic rings. The lowest BCUT2D eigenvalue weighted by molar-refractivity contribution is -0.143. The second-order valence-electron chi connectivity index (χ2n) is 6.49. The molecule has 2 aliphatic heterocycles. The highest BCUT2D eigenvalue weighted by Crippen LogP contribution is 2.24. The van der Waals surface area contributed by atoms with Crippen molar-refractivity contribution in [3.63, 3.8) is 0 Å². The third-order valence-electron chi connectivity index (χ3n) is 4.64. The summed E-state index contributed by atoms with van der Waals surface area (Å²) in [5.74, 6) is -2.56. The first kappa shape index (κ1) is 19.7. The molecule has 0 saturated carbocycles. The van der Waals surface area contributed by atoms with Crippen LogP contribution in [-0.2, 0) is 19.1 Å². The van der Waals surface area contributed by atoms with Gasteiger partial charge in [0.05, 0.1) is 16.7 Å². The van der Waals surface area contributed by atoms with Gasteiger partial charge in [0, 0.05) is 33.2 Å². The molecule has 1 fully saturated rings. The van der Waals surface area contributed by atoms with Crippen LogP contribution in [0.2, 0.25) is 0 Å². The minimum absolute atomic E-state index is 0.0548. The van der Waals surface area contributed by atoms with E-state index < -0.39 is 30.3 Å². The Morgan fingerprint density at radius 3 is 2.54 bits per heavy atom. The lowest BCUT2D eigenvalue weighted by atomic mass is 10.1. The summed E-state index contributed by atoms with van der Waals surface area (Å²) in [6, 6.07) is 4.06. The van der Waals surface area contributed by atoms with Crippen LogP contribution in [-0.4, -0.2) is 72.8 Å². The molecule has 1 aromatic carbocycles. The summed E-state index contributed by atoms with van der Waals surface area (Å²) >= 11 is 0. The molecule has 0 spiro atoms. The minimum Gasteiger partial charge on any atom is -0.452 e. The van der Waals surface area contributed by atoms with E-state index in [2.05, 4.69) is 0 Å². The topological polar surface area (TPSA) is 110 Å². The monoisotopic (exact) mass is 388 g/mol. The molecule has 2 aliphatic rings. The van der Waals surface area contributed by atoms with Crippen molar-refractivity contribution < 1.29 is 33.4 Å². The number of ether oxygens (including phenoxy) is 2. The Morgan fingerprint density at radius 2 is 1.86 bits per heavy atom. The molecular weight excluding hydrogens is 368 g/mol. The van der Waals surface area contributed by atoms with E-state index in [0.717, 1.165) is 9.80 Å². The van der Waals surface area contributed by atoms with Crippen LogP contribution in [0.15, 0.2) is 18.2 Å². The van der Waals surface area contributed by atoms with Crippen LogP contribution in [0.1, 0.15) is 50.3 Å². The molecule has 0 aliphatic carbocycles. The number of carbonyl (C=O) groups is 5. The number of methoxy groups -OCH3 is 1. The summed E-state index contributed by atoms with van der Waals surface area (Å²) in [7, 11) is 1.53. The van der Waals surface area contributed by atoms with Crippen LogP contribution in [0.4, 0.5) is 0 Å². The van der Waals surface area contributed by atoms with Crippen LogP contribution in [0.5, 0.6) is 0 Å². The number of hydrogen-bond acceptors (Lipinski definition) is 7. The Labute approximate surface area is 161 Å². The van der Waals surface area contributed by atoms with Gasteiger partial charge in [-0.25, -0.2) is 4.79 Å². The van der Waals surface area contributed by atoms with Gasteiger partial charge in [-0.05, 0) is 31.0 Å². The van der Waals surface area contributed by atoms with Crippen LogP contribution < -0.4 is 0 Å². The zero-order valence-electron chi connectivity index (χ0n) is 15.4. The van der Waals surface area contributed by atoms with E-state index in [-0.39, 0.29) is 29.1 Å². The van der Waals surface area contributed by atoms with Gasteiger partial charge in [0.1, 0.15) is 0 Å². The number of fused-ring (bicyclic) bond motifs is 1. The molecule has 0 bridgehead atoms. The second kappa shape index (κ2) is 8.30. The maximum Gasteiger partial charge on any atom is 0.338 e. The fraction of sp³-hybridized carbons (Fsp3) is 0.421. The standard InChI is InChI=1S/C19H20N2O7/c1-27-9-3-8-21-17(24)13-6-5-12(10-14(13)18(21)25)19(26)28-11-16(23)20-7-2-4-15(20)22/h5-6,10H,2-4,7-9,11H2,1H3. The number of imide groups is 2. The average Bonchev–Trinajstić information content (AvgIpc) is 3.22. The van der Waals surface area contributed by atoms with Crippen molar-refractivity contribution in [2.24, 2.45) is 0 Å². The summed E-state index contributed by atoms with van der Waals surface area (Å²) in [6.07, 6.45) is 1.41. The second-order valence-corrected chi connectivity index (χ2v) is 6.49. The summed E-state index contributed by atoms with van der Waals surface area (Å²) in [4.78, 5) is 62.7. The van der Waals surface area contributed by atoms with Gasteiger partial charge in [0.15, 0.2) is 6.61 Å². The number of likely N-dealkylation sites (tertiary alicyclic amines) is 1. The summed E-state index contributed by atoms with van der Waals surface area (Å²) in [5.41, 5.74) is 0.398. The maximum atomic E-state index is 12.5. The third-order valence-corrected chi connectivity index (χ3v) is 4.64. The maximum absolute atomic E-state index is 12.5. The number of hydrogen-bond donors (Lipinski definition) is 0. The zero-order chi connectivity index (χ0) is 20.3. The first-order valence-corrected chi connectivity index (χ1v) is 8.93. The third kappa shape index (κ3) is 3.79. The SMILES string of the molecule is COCCCN1C(=O)c2ccc(C(=O)OCC(=O)N3CCCC3=O)cc2C1=O. The van der Waals surface area contributed by atoms with Crippen molar-refractivity contribution in [1.29, 1.82) is 0 Å². The lowest BCUT2D eigenvalue weighted by Gasteiger charge is -2.13. The van der Waals surface area contributed by atoms with E-state index in [1.807, 2.05) is 0 Å². The first-order chi connectivity index (χ1) is 13.4. The lowest BCUT2D eigenvalue weighted by Crippen LogP contribution is -2.35. The van der Waals surface area contributed by atoms with Crippen molar-refractivity contribution in [2.45, 2.75) is 19.3 Å². The van der Waals surface area contributed by atoms with Crippen molar-refractivity contribution in [3.05, 3.63) is 34.9 Å². The van der Waals surface area contributed by atoms with Gasteiger partial charge in [-0.3, -0.25) is 29.0 Å². The Kier molecular flexibility index (Phi) is 5.84. The van der Waals surface area contributed by atoms with Crippen LogP contribution in [0.3, 0.4) is 0 Å². The molecule has 0 radical (unpaired) electrons. The predicted molar refractivity (Wildman–Crippen MR) is 94.5 cm³/mol. The van der Waals surface area contributed by atoms with E-state index in [1.165, 1.54) is 25.3 Å². The number of benzene rings is 1. The Hall–Kier alpha value is -3.07. The molecule has 1 saturated heterocycles. The number of carbonyl (C=O) groups excluding carboxylic acids is 5. The summed E-state index contributed by atoms with van der Waals surface area (Å²) < 4.78 is 9.90. The molecular formula is C19H20N2O7. The number of esters is 1. The smallest absolute Gasteiger partial charge is 0.338 e. The van der Waals surface area contributed by atoms with Crippen LogP contribution in [0.25, 0.3) is 0 Å². The molecule has 2 heterocycles. The predicted octanol–water partition coefficient (Wildman–Crippen LogP) is 0.625. The van der Waals surface area contributed by atoms with Gasteiger partial charge in [-0.2, -0.15) is 0 Å². The molecule has 148 valence electrons. The fourth-order valence-electron chi connectivity index (χ4n) is 3.19. The zero-order valence-corrected chi connectivity index (χ0v) is 15.4. The summed E-state index contributed by atoms with van der Waals surface area (Å²) in [6.45, 7) is 0.401. The van der Waals surface area contributed by atoms with E-state index in [9.17, 15) is 24.0 Å². The average molecular weight is 388 g/mol. The number of rotatable bonds is 7. The molecule has 3 rings (SSSR count). The normalized spacial score (nSPS) is 16.0. The van der Waals surface area contributed by atoms with Crippen molar-refractivity contribution in [1.82, 2.24) is 9.80 Å². The number of nitrogens with zero attached hydrogens (tertiary/aromatic N) is 2. The molecule has 9 nitrogen and oxygen atoms in total. The van der Waals surface area contributed by atoms with Gasteiger partial charge in [-0.1, -0.05) is 0 Å². The first-order valence-electron chi connectivity index (χ1n) is 8.93. The molecule has 28 heavy (non-hydrogen) atoms. The van der Waals surface area contributed by atoms with Gasteiger partial charge in [-0.15, -0.1) is 0 Å². The molecule has 0 atom stereocenters. The highest BCUT2D eigenvalue weighted by atomic mass is 16.5. The Bertz CT molecular complexity index is 849. The van der Waals surface area contributed by atoms with Gasteiger partial charge in [0.2, 0.25) is 5.91 Å². The molecule has 4 amide bonds. The molecule has 0 N–H and O–H groups in total. The largest absolute Gasteiger partial charge is 0.452 e. The molecule has 0 unspecified atom stereocenters. The van der Waals surface area contributed by atoms with Gasteiger partial charge >= 0.3 is 5.97 Å². The number of amides is 4. The van der Waals surface area contributed by atoms with Crippen LogP contribution in [0, 0.1) is 0 Å². The van der Waals surface area contributed by atoms with E-state index in [4.69, 9.17) is 9.47 Å². The minimum atomic E-state index is -0.805. The Morgan fingerprint density at radius 1 is 1.11 bits per heavy atom. The Balaban J connectivity index is 1.65. The highest BCUT2D eigenvalue weighted by Gasteiger charge is 2.36. The van der Waals surface area contributed by atoms with Crippen molar-refractivity contribution >= 4 is 29.6 Å². The highest BCUT2D eigenvalue weighted by molar-refractivity contribution is 6.22. The van der Waals surface area contributed by atoms with E-state index >= 15 is 0 Å². The fourth-order valence-corrected chi connectivity index (χ4v) is 3.19. The molecule has 9 heteroatoms. The van der Waals surface area contributed by atoms with Crippen molar-refractivity contribution in [3.8, 4) is 0 Å². The quantitative estimate of drug-likeness (QED) is 0.383. The van der Waals surface area contributed by atoms with Crippen LogP contribution >= 0.6 is 0 Å². The van der Waals surface area contributed by atoms with Crippen molar-refractivity contribution in [2.75, 3.05) is 33.4 Å². The van der Waals surface area contributed by atoms with Gasteiger partial charge in [0.25, 0.3) is 17.7 Å². The van der Waals surface area contributed by atoms with E-state index in [0.29, 0.717) is 32.4 Å². The van der Waals surface area contributed by atoms with E-state index in [1.54, 1.807) is 0 Å². The van der Waals surface area contributed by atoms with Gasteiger partial charge < -0.3 is 9.47 Å². The summed E-state index contributed by atoms with van der Waals surface area (Å²) in [5, 5.41) is 0.